The first kappa shape index (κ1) is 15.7. The topological polar surface area (TPSA) is 63.4 Å². The molecule has 0 aromatic heterocycles. The highest BCUT2D eigenvalue weighted by atomic mass is 79.9. The molecule has 0 aliphatic carbocycles. The molecule has 1 aromatic rings. The van der Waals surface area contributed by atoms with Crippen molar-refractivity contribution in [2.45, 2.75) is 37.0 Å². The molecule has 1 saturated heterocycles. The number of hydrogen-bond acceptors (Lipinski definition) is 3. The van der Waals surface area contributed by atoms with Gasteiger partial charge < -0.3 is 5.73 Å². The summed E-state index contributed by atoms with van der Waals surface area (Å²) < 4.78 is 40.8. The number of nitrogens with zero attached hydrogens (tertiary/aromatic N) is 1. The van der Waals surface area contributed by atoms with Crippen LogP contribution < -0.4 is 5.73 Å². The van der Waals surface area contributed by atoms with Crippen LogP contribution in [0.2, 0.25) is 0 Å². The van der Waals surface area contributed by atoms with Gasteiger partial charge >= 0.3 is 0 Å². The Morgan fingerprint density at radius 2 is 1.65 bits per heavy atom. The number of benzene rings is 1. The van der Waals surface area contributed by atoms with E-state index < -0.39 is 15.8 Å². The standard InChI is InChI=1S/C13H18BrFN2O2S/c14-10-8-11(15)13(9-12(10)16)20(18,19)17-6-4-2-1-3-5-7-17/h8-9H,1-7,16H2. The first-order valence-corrected chi connectivity index (χ1v) is 8.91. The van der Waals surface area contributed by atoms with E-state index in [1.807, 2.05) is 0 Å². The Bertz CT molecular complexity index is 584. The van der Waals surface area contributed by atoms with Crippen molar-refractivity contribution in [1.29, 1.82) is 0 Å². The van der Waals surface area contributed by atoms with E-state index in [0.29, 0.717) is 17.6 Å². The lowest BCUT2D eigenvalue weighted by Crippen LogP contribution is -2.34. The second-order valence-electron chi connectivity index (χ2n) is 4.98. The fourth-order valence-corrected chi connectivity index (χ4v) is 4.25. The van der Waals surface area contributed by atoms with Crippen molar-refractivity contribution in [3.8, 4) is 0 Å². The van der Waals surface area contributed by atoms with E-state index in [2.05, 4.69) is 15.9 Å². The first-order chi connectivity index (χ1) is 9.43. The lowest BCUT2D eigenvalue weighted by atomic mass is 10.1. The molecule has 7 heteroatoms. The van der Waals surface area contributed by atoms with Crippen molar-refractivity contribution in [3.63, 3.8) is 0 Å². The number of hydrogen-bond donors (Lipinski definition) is 1. The van der Waals surface area contributed by atoms with E-state index in [4.69, 9.17) is 5.73 Å². The Balaban J connectivity index is 2.35. The van der Waals surface area contributed by atoms with Crippen LogP contribution in [0.25, 0.3) is 0 Å². The molecule has 2 N–H and O–H groups in total. The van der Waals surface area contributed by atoms with Gasteiger partial charge in [-0.1, -0.05) is 19.3 Å². The van der Waals surface area contributed by atoms with Gasteiger partial charge in [0, 0.05) is 23.2 Å². The highest BCUT2D eigenvalue weighted by molar-refractivity contribution is 9.10. The second-order valence-corrected chi connectivity index (χ2v) is 7.74. The van der Waals surface area contributed by atoms with Crippen LogP contribution in [0.15, 0.2) is 21.5 Å². The zero-order valence-electron chi connectivity index (χ0n) is 11.1. The summed E-state index contributed by atoms with van der Waals surface area (Å²) in [5.74, 6) is -0.770. The molecule has 0 radical (unpaired) electrons. The zero-order chi connectivity index (χ0) is 14.8. The molecule has 0 saturated carbocycles. The molecule has 1 fully saturated rings. The fraction of sp³-hybridized carbons (Fsp3) is 0.538. The van der Waals surface area contributed by atoms with Crippen LogP contribution in [0.3, 0.4) is 0 Å². The van der Waals surface area contributed by atoms with Crippen LogP contribution in [0, 0.1) is 5.82 Å². The van der Waals surface area contributed by atoms with Crippen molar-refractivity contribution in [2.24, 2.45) is 0 Å². The molecular formula is C13H18BrFN2O2S. The van der Waals surface area contributed by atoms with Crippen LogP contribution in [0.5, 0.6) is 0 Å². The van der Waals surface area contributed by atoms with Crippen LogP contribution >= 0.6 is 15.9 Å². The van der Waals surface area contributed by atoms with E-state index in [1.165, 1.54) is 10.4 Å². The quantitative estimate of drug-likeness (QED) is 0.819. The second kappa shape index (κ2) is 6.41. The molecule has 0 unspecified atom stereocenters. The lowest BCUT2D eigenvalue weighted by Gasteiger charge is -2.24. The monoisotopic (exact) mass is 364 g/mol. The SMILES string of the molecule is Nc1cc(S(=O)(=O)N2CCCCCCC2)c(F)cc1Br. The van der Waals surface area contributed by atoms with Gasteiger partial charge in [0.05, 0.1) is 0 Å². The van der Waals surface area contributed by atoms with Gasteiger partial charge in [-0.3, -0.25) is 0 Å². The summed E-state index contributed by atoms with van der Waals surface area (Å²) in [7, 11) is -3.81. The predicted molar refractivity (Wildman–Crippen MR) is 80.4 cm³/mol. The maximum absolute atomic E-state index is 14.0. The van der Waals surface area contributed by atoms with Crippen LogP contribution in [-0.2, 0) is 10.0 Å². The fourth-order valence-electron chi connectivity index (χ4n) is 2.34. The van der Waals surface area contributed by atoms with Crippen molar-refractivity contribution >= 4 is 31.6 Å². The number of nitrogens with two attached hydrogens (primary N) is 1. The van der Waals surface area contributed by atoms with Gasteiger partial charge in [0.15, 0.2) is 0 Å². The van der Waals surface area contributed by atoms with E-state index in [0.717, 1.165) is 38.2 Å². The summed E-state index contributed by atoms with van der Waals surface area (Å²) in [6.07, 6.45) is 4.78. The molecule has 0 amide bonds. The molecule has 1 heterocycles. The third-order valence-corrected chi connectivity index (χ3v) is 6.08. The molecule has 1 aromatic carbocycles. The number of anilines is 1. The molecule has 1 aliphatic rings. The Morgan fingerprint density at radius 3 is 2.25 bits per heavy atom. The zero-order valence-corrected chi connectivity index (χ0v) is 13.5. The average molecular weight is 365 g/mol. The third-order valence-electron chi connectivity index (χ3n) is 3.48. The molecule has 112 valence electrons. The highest BCUT2D eigenvalue weighted by Gasteiger charge is 2.28. The molecule has 0 bridgehead atoms. The molecule has 1 aliphatic heterocycles. The van der Waals surface area contributed by atoms with Gasteiger partial charge in [0.2, 0.25) is 10.0 Å². The van der Waals surface area contributed by atoms with Gasteiger partial charge in [-0.2, -0.15) is 4.31 Å². The van der Waals surface area contributed by atoms with Gasteiger partial charge in [0.1, 0.15) is 10.7 Å². The maximum atomic E-state index is 14.0. The average Bonchev–Trinajstić information content (AvgIpc) is 2.32. The number of halogens is 2. The van der Waals surface area contributed by atoms with Crippen LogP contribution in [0.1, 0.15) is 32.1 Å². The van der Waals surface area contributed by atoms with Crippen molar-refractivity contribution < 1.29 is 12.8 Å². The molecule has 0 atom stereocenters. The van der Waals surface area contributed by atoms with Crippen LogP contribution in [-0.4, -0.2) is 25.8 Å². The summed E-state index contributed by atoms with van der Waals surface area (Å²) >= 11 is 3.09. The molecule has 0 spiro atoms. The summed E-state index contributed by atoms with van der Waals surface area (Å²) in [5.41, 5.74) is 5.89. The normalized spacial score (nSPS) is 18.5. The summed E-state index contributed by atoms with van der Waals surface area (Å²) in [6.45, 7) is 0.884. The summed E-state index contributed by atoms with van der Waals surface area (Å²) in [4.78, 5) is -0.334. The van der Waals surface area contributed by atoms with Crippen LogP contribution in [0.4, 0.5) is 10.1 Å². The minimum atomic E-state index is -3.81. The van der Waals surface area contributed by atoms with E-state index in [9.17, 15) is 12.8 Å². The van der Waals surface area contributed by atoms with Crippen molar-refractivity contribution in [3.05, 3.63) is 22.4 Å². The highest BCUT2D eigenvalue weighted by Crippen LogP contribution is 2.28. The van der Waals surface area contributed by atoms with E-state index >= 15 is 0 Å². The third kappa shape index (κ3) is 3.32. The Labute approximate surface area is 127 Å². The number of nitrogen functional groups attached to an aromatic ring is 1. The Kier molecular flexibility index (Phi) is 5.04. The van der Waals surface area contributed by atoms with Gasteiger partial charge in [0.25, 0.3) is 0 Å². The van der Waals surface area contributed by atoms with Gasteiger partial charge in [-0.05, 0) is 40.9 Å². The Hall–Kier alpha value is -0.660. The van der Waals surface area contributed by atoms with Gasteiger partial charge in [-0.15, -0.1) is 0 Å². The molecule has 20 heavy (non-hydrogen) atoms. The molecular weight excluding hydrogens is 347 g/mol. The Morgan fingerprint density at radius 1 is 1.10 bits per heavy atom. The van der Waals surface area contributed by atoms with E-state index in [-0.39, 0.29) is 10.6 Å². The summed E-state index contributed by atoms with van der Waals surface area (Å²) in [6, 6.07) is 2.29. The number of sulfonamides is 1. The van der Waals surface area contributed by atoms with E-state index in [1.54, 1.807) is 0 Å². The minimum absolute atomic E-state index is 0.219. The largest absolute Gasteiger partial charge is 0.398 e. The molecule has 2 rings (SSSR count). The summed E-state index contributed by atoms with van der Waals surface area (Å²) in [5, 5.41) is 0. The lowest BCUT2D eigenvalue weighted by molar-refractivity contribution is 0.362. The smallest absolute Gasteiger partial charge is 0.246 e. The first-order valence-electron chi connectivity index (χ1n) is 6.67. The predicted octanol–water partition coefficient (Wildman–Crippen LogP) is 3.13. The molecule has 4 nitrogen and oxygen atoms in total. The van der Waals surface area contributed by atoms with Gasteiger partial charge in [-0.25, -0.2) is 12.8 Å². The minimum Gasteiger partial charge on any atom is -0.398 e. The number of rotatable bonds is 2. The van der Waals surface area contributed by atoms with Crippen molar-refractivity contribution in [2.75, 3.05) is 18.8 Å². The maximum Gasteiger partial charge on any atom is 0.246 e. The van der Waals surface area contributed by atoms with Crippen molar-refractivity contribution in [1.82, 2.24) is 4.31 Å².